The summed E-state index contributed by atoms with van der Waals surface area (Å²) in [4.78, 5) is 69.1. The fourth-order valence-corrected chi connectivity index (χ4v) is 12.5. The molecule has 0 spiro atoms. The smallest absolute Gasteiger partial charge is 0.349 e. The lowest BCUT2D eigenvalue weighted by molar-refractivity contribution is -0.122. The quantitative estimate of drug-likeness (QED) is 0.0320. The molecule has 0 bridgehead atoms. The normalized spacial score (nSPS) is 17.7. The van der Waals surface area contributed by atoms with Crippen molar-refractivity contribution >= 4 is 105 Å². The Hall–Kier alpha value is -6.24. The van der Waals surface area contributed by atoms with Crippen molar-refractivity contribution in [1.29, 1.82) is 0 Å². The van der Waals surface area contributed by atoms with Crippen LogP contribution < -0.4 is 25.2 Å². The molecule has 4 N–H and O–H groups in total. The zero-order chi connectivity index (χ0) is 51.7. The predicted octanol–water partition coefficient (Wildman–Crippen LogP) is 10.0. The van der Waals surface area contributed by atoms with Crippen molar-refractivity contribution in [3.63, 3.8) is 0 Å². The van der Waals surface area contributed by atoms with Gasteiger partial charge in [-0.1, -0.05) is 78.2 Å². The maximum absolute atomic E-state index is 12.9. The van der Waals surface area contributed by atoms with Crippen LogP contribution in [0.25, 0.3) is 32.3 Å². The minimum absolute atomic E-state index is 0.000696. The average molecular weight is 1040 g/mol. The largest absolute Gasteiger partial charge is 0.483 e. The first-order valence-electron chi connectivity index (χ1n) is 23.8. The zero-order valence-electron chi connectivity index (χ0n) is 41.1. The van der Waals surface area contributed by atoms with Crippen LogP contribution >= 0.6 is 34.9 Å². The zero-order valence-corrected chi connectivity index (χ0v) is 43.5. The van der Waals surface area contributed by atoms with Crippen LogP contribution in [-0.2, 0) is 20.1 Å². The molecule has 15 nitrogen and oxygen atoms in total. The van der Waals surface area contributed by atoms with E-state index in [1.165, 1.54) is 0 Å². The molecule has 3 unspecified atom stereocenters. The number of benzene rings is 4. The monoisotopic (exact) mass is 1040 g/mol. The summed E-state index contributed by atoms with van der Waals surface area (Å²) in [6.07, 6.45) is 6.26. The number of carbonyl (C=O) groups is 5. The molecule has 72 heavy (non-hydrogen) atoms. The SMILES string of the molecule is C=C(C)C1(C)CC(Nc2cccc(-c3sc(C(=O)O)c(OCC=O)c3Cl)c2)CCN1SCc1ccc2oc(N3CCC(c4ccc(N(C)C(CCC=O)C(=O)NC)c5c(C=O)cccc45)CC3)nc2c1.CO. The Morgan fingerprint density at radius 2 is 1.82 bits per heavy atom. The highest BCUT2D eigenvalue weighted by molar-refractivity contribution is 7.96. The van der Waals surface area contributed by atoms with E-state index in [-0.39, 0.29) is 52.1 Å². The lowest BCUT2D eigenvalue weighted by atomic mass is 9.82. The summed E-state index contributed by atoms with van der Waals surface area (Å²) in [5.41, 5.74) is 7.56. The molecule has 3 atom stereocenters. The molecule has 380 valence electrons. The number of aromatic nitrogens is 1. The number of halogens is 1. The second kappa shape index (κ2) is 24.0. The molecule has 8 rings (SSSR count). The number of oxazole rings is 1. The van der Waals surface area contributed by atoms with Crippen molar-refractivity contribution in [1.82, 2.24) is 14.6 Å². The molecule has 0 saturated carbocycles. The van der Waals surface area contributed by atoms with E-state index in [1.807, 2.05) is 54.4 Å². The van der Waals surface area contributed by atoms with Crippen LogP contribution in [0.3, 0.4) is 0 Å². The molecule has 4 heterocycles. The van der Waals surface area contributed by atoms with Gasteiger partial charge in [-0.3, -0.25) is 14.4 Å². The van der Waals surface area contributed by atoms with E-state index in [4.69, 9.17) is 30.8 Å². The van der Waals surface area contributed by atoms with Crippen molar-refractivity contribution in [3.8, 4) is 16.2 Å². The molecule has 6 aromatic rings. The maximum Gasteiger partial charge on any atom is 0.349 e. The second-order valence-electron chi connectivity index (χ2n) is 18.1. The maximum atomic E-state index is 12.9. The van der Waals surface area contributed by atoms with E-state index in [0.717, 1.165) is 138 Å². The highest BCUT2D eigenvalue weighted by atomic mass is 35.5. The van der Waals surface area contributed by atoms with Gasteiger partial charge in [0.2, 0.25) is 5.91 Å². The number of aliphatic hydroxyl groups excluding tert-OH is 1. The van der Waals surface area contributed by atoms with Gasteiger partial charge in [0, 0.05) is 81.4 Å². The number of carboxylic acids is 1. The Labute approximate surface area is 432 Å². The van der Waals surface area contributed by atoms with Gasteiger partial charge in [-0.25, -0.2) is 9.10 Å². The van der Waals surface area contributed by atoms with Crippen molar-refractivity contribution in [2.45, 2.75) is 81.7 Å². The molecule has 4 aromatic carbocycles. The van der Waals surface area contributed by atoms with Crippen LogP contribution in [0.1, 0.15) is 89.4 Å². The number of aromatic carboxylic acids is 1. The Bertz CT molecular complexity index is 2950. The average Bonchev–Trinajstić information content (AvgIpc) is 3.98. The molecule has 2 aliphatic rings. The number of aldehydes is 3. The van der Waals surface area contributed by atoms with Gasteiger partial charge in [0.05, 0.1) is 10.4 Å². The first-order chi connectivity index (χ1) is 34.8. The predicted molar refractivity (Wildman–Crippen MR) is 288 cm³/mol. The van der Waals surface area contributed by atoms with Gasteiger partial charge in [0.25, 0.3) is 6.01 Å². The van der Waals surface area contributed by atoms with Crippen LogP contribution in [-0.4, -0.2) is 115 Å². The molecule has 2 fully saturated rings. The highest BCUT2D eigenvalue weighted by Crippen LogP contribution is 2.47. The molecule has 2 aromatic heterocycles. The first kappa shape index (κ1) is 53.6. The second-order valence-corrected chi connectivity index (χ2v) is 20.5. The number of aliphatic hydroxyl groups is 1. The van der Waals surface area contributed by atoms with E-state index in [9.17, 15) is 29.1 Å². The lowest BCUT2D eigenvalue weighted by Gasteiger charge is -2.48. The number of carboxylic acid groups (broad SMARTS) is 1. The molecular weight excluding hydrogens is 976 g/mol. The highest BCUT2D eigenvalue weighted by Gasteiger charge is 2.40. The van der Waals surface area contributed by atoms with Gasteiger partial charge in [-0.15, -0.1) is 11.3 Å². The number of amides is 1. The van der Waals surface area contributed by atoms with Gasteiger partial charge in [0.1, 0.15) is 29.5 Å². The third kappa shape index (κ3) is 11.3. The van der Waals surface area contributed by atoms with Gasteiger partial charge in [0.15, 0.2) is 28.8 Å². The number of likely N-dealkylation sites (N-methyl/N-ethyl adjacent to an activating group) is 2. The molecule has 0 aliphatic carbocycles. The fourth-order valence-electron chi connectivity index (χ4n) is 9.84. The van der Waals surface area contributed by atoms with E-state index in [1.54, 1.807) is 25.1 Å². The number of carbonyl (C=O) groups excluding carboxylic acids is 4. The lowest BCUT2D eigenvalue weighted by Crippen LogP contribution is -2.52. The number of fused-ring (bicyclic) bond motifs is 2. The first-order valence-corrected chi connectivity index (χ1v) is 26.0. The number of hydrogen-bond acceptors (Lipinski definition) is 15. The van der Waals surface area contributed by atoms with Gasteiger partial charge in [-0.2, -0.15) is 4.98 Å². The van der Waals surface area contributed by atoms with Crippen LogP contribution in [0.2, 0.25) is 5.02 Å². The topological polar surface area (TPSA) is 195 Å². The number of piperidine rings is 2. The molecule has 18 heteroatoms. The number of nitrogens with one attached hydrogen (secondary N) is 2. The van der Waals surface area contributed by atoms with E-state index in [2.05, 4.69) is 64.5 Å². The minimum atomic E-state index is -1.17. The van der Waals surface area contributed by atoms with Crippen molar-refractivity contribution < 1.29 is 43.3 Å². The van der Waals surface area contributed by atoms with Crippen LogP contribution in [0.5, 0.6) is 5.75 Å². The number of ether oxygens (including phenoxy) is 1. The Balaban J connectivity index is 0.00000376. The van der Waals surface area contributed by atoms with Gasteiger partial charge < -0.3 is 44.6 Å². The Kier molecular flexibility index (Phi) is 17.8. The summed E-state index contributed by atoms with van der Waals surface area (Å²) in [5.74, 6) is -0.391. The molecule has 2 aliphatic heterocycles. The summed E-state index contributed by atoms with van der Waals surface area (Å²) < 4.78 is 14.2. The minimum Gasteiger partial charge on any atom is -0.483 e. The molecule has 2 saturated heterocycles. The Morgan fingerprint density at radius 3 is 2.51 bits per heavy atom. The number of hydrogen-bond donors (Lipinski definition) is 4. The molecule has 1 amide bonds. The fraction of sp³-hybridized carbons (Fsp3) is 0.370. The summed E-state index contributed by atoms with van der Waals surface area (Å²) >= 11 is 9.43. The number of anilines is 3. The van der Waals surface area contributed by atoms with E-state index < -0.39 is 12.0 Å². The number of rotatable bonds is 20. The van der Waals surface area contributed by atoms with Crippen molar-refractivity contribution in [2.75, 3.05) is 62.6 Å². The summed E-state index contributed by atoms with van der Waals surface area (Å²) in [5, 5.41) is 25.2. The summed E-state index contributed by atoms with van der Waals surface area (Å²) in [7, 11) is 4.43. The van der Waals surface area contributed by atoms with Crippen molar-refractivity contribution in [3.05, 3.63) is 112 Å². The summed E-state index contributed by atoms with van der Waals surface area (Å²) in [6, 6.07) is 24.0. The van der Waals surface area contributed by atoms with E-state index >= 15 is 0 Å². The van der Waals surface area contributed by atoms with Crippen LogP contribution in [0.4, 0.5) is 17.4 Å². The third-order valence-corrected chi connectivity index (χ3v) is 16.8. The van der Waals surface area contributed by atoms with Gasteiger partial charge in [-0.05, 0) is 104 Å². The van der Waals surface area contributed by atoms with Gasteiger partial charge >= 0.3 is 5.97 Å². The number of thiophene rings is 1. The number of nitrogens with zero attached hydrogens (tertiary/aromatic N) is 4. The summed E-state index contributed by atoms with van der Waals surface area (Å²) in [6.45, 7) is 10.8. The van der Waals surface area contributed by atoms with Crippen molar-refractivity contribution in [2.24, 2.45) is 0 Å². The van der Waals surface area contributed by atoms with E-state index in [0.29, 0.717) is 29.2 Å². The van der Waals surface area contributed by atoms with Crippen LogP contribution in [0.15, 0.2) is 89.4 Å². The Morgan fingerprint density at radius 1 is 1.06 bits per heavy atom. The molecule has 0 radical (unpaired) electrons. The standard InChI is InChI=1S/C53H57ClN6O8S2.CH4O/c1-32(2)53(3)29-38(56-37-11-6-9-35(28-37)48-46(54)47(67-26-25-62)49(70-48)51(65)66)20-23-60(53)69-31-33-14-17-44-41(27-33)57-52(68-44)59-21-18-34(19-22-59)39-15-16-42(45-36(30-63)10-7-12-40(39)45)58(5)43(13-8-24-61)50(64)55-4;1-2/h6-7,9-12,14-17,24-25,27-28,30,34,38,43,56H,1,8,13,18-23,26,29,31H2,2-5H3,(H,55,64)(H,65,66);2H,1H3. The van der Waals surface area contributed by atoms with Crippen LogP contribution in [0, 0.1) is 0 Å². The molecular formula is C54H61ClN6O9S2. The third-order valence-electron chi connectivity index (χ3n) is 13.8.